The van der Waals surface area contributed by atoms with Crippen molar-refractivity contribution in [1.29, 1.82) is 0 Å². The second-order valence-electron chi connectivity index (χ2n) is 5.79. The monoisotopic (exact) mass is 317 g/mol. The van der Waals surface area contributed by atoms with Gasteiger partial charge < -0.3 is 8.98 Å². The van der Waals surface area contributed by atoms with Gasteiger partial charge in [0, 0.05) is 6.04 Å². The van der Waals surface area contributed by atoms with Crippen molar-refractivity contribution in [3.8, 4) is 11.5 Å². The largest absolute Gasteiger partial charge is 0.441 e. The number of oxazole rings is 1. The summed E-state index contributed by atoms with van der Waals surface area (Å²) in [5, 5.41) is 0.495. The Morgan fingerprint density at radius 2 is 2.05 bits per heavy atom. The molecule has 116 valence electrons. The smallest absolute Gasteiger partial charge is 0.228 e. The minimum absolute atomic E-state index is 0.245. The van der Waals surface area contributed by atoms with Gasteiger partial charge in [-0.1, -0.05) is 19.4 Å². The Hall–Kier alpha value is -1.81. The van der Waals surface area contributed by atoms with Crippen molar-refractivity contribution in [2.45, 2.75) is 46.6 Å². The van der Waals surface area contributed by atoms with Crippen LogP contribution >= 0.6 is 11.6 Å². The van der Waals surface area contributed by atoms with E-state index in [0.717, 1.165) is 40.9 Å². The molecule has 0 aliphatic carbocycles. The summed E-state index contributed by atoms with van der Waals surface area (Å²) in [5.41, 5.74) is 3.75. The molecule has 22 heavy (non-hydrogen) atoms. The first-order valence-corrected chi connectivity index (χ1v) is 8.03. The minimum Gasteiger partial charge on any atom is -0.441 e. The highest BCUT2D eigenvalue weighted by Gasteiger charge is 2.18. The van der Waals surface area contributed by atoms with Crippen LogP contribution in [0.2, 0.25) is 5.28 Å². The molecule has 0 saturated carbocycles. The van der Waals surface area contributed by atoms with Crippen LogP contribution in [0.5, 0.6) is 0 Å². The summed E-state index contributed by atoms with van der Waals surface area (Å²) >= 11 is 6.31. The Kier molecular flexibility index (Phi) is 3.96. The second kappa shape index (κ2) is 5.76. The van der Waals surface area contributed by atoms with Gasteiger partial charge in [0.05, 0.1) is 16.8 Å². The molecule has 0 bridgehead atoms. The highest BCUT2D eigenvalue weighted by molar-refractivity contribution is 6.29. The molecule has 3 rings (SSSR count). The Bertz CT molecular complexity index is 817. The Labute approximate surface area is 135 Å². The van der Waals surface area contributed by atoms with Gasteiger partial charge in [0.1, 0.15) is 11.3 Å². The fourth-order valence-corrected chi connectivity index (χ4v) is 3.14. The van der Waals surface area contributed by atoms with Crippen molar-refractivity contribution in [1.82, 2.24) is 14.5 Å². The highest BCUT2D eigenvalue weighted by Crippen LogP contribution is 2.32. The number of rotatable bonds is 4. The van der Waals surface area contributed by atoms with E-state index in [1.165, 1.54) is 0 Å². The maximum Gasteiger partial charge on any atom is 0.228 e. The van der Waals surface area contributed by atoms with Gasteiger partial charge in [0.15, 0.2) is 0 Å². The maximum absolute atomic E-state index is 6.31. The van der Waals surface area contributed by atoms with Gasteiger partial charge in [-0.2, -0.15) is 0 Å². The third-order valence-electron chi connectivity index (χ3n) is 3.80. The zero-order valence-electron chi connectivity index (χ0n) is 13.4. The number of para-hydroxylation sites is 1. The average Bonchev–Trinajstić information content (AvgIpc) is 2.98. The molecule has 0 amide bonds. The van der Waals surface area contributed by atoms with Crippen LogP contribution in [-0.4, -0.2) is 14.5 Å². The normalized spacial score (nSPS) is 11.7. The Balaban J connectivity index is 2.19. The summed E-state index contributed by atoms with van der Waals surface area (Å²) in [6.45, 7) is 8.28. The van der Waals surface area contributed by atoms with E-state index in [-0.39, 0.29) is 6.04 Å². The standard InChI is InChI=1S/C17H20ClN3O/c1-5-7-13-11(4)22-16(19-13)12-8-6-9-14-15(12)20-17(18)21(14)10(2)3/h6,8-10H,5,7H2,1-4H3. The number of imidazole rings is 1. The van der Waals surface area contributed by atoms with Gasteiger partial charge in [0.2, 0.25) is 11.2 Å². The molecule has 4 nitrogen and oxygen atoms in total. The van der Waals surface area contributed by atoms with E-state index in [1.54, 1.807) is 0 Å². The Morgan fingerprint density at radius 3 is 2.73 bits per heavy atom. The molecule has 0 atom stereocenters. The zero-order chi connectivity index (χ0) is 15.9. The number of halogens is 1. The fourth-order valence-electron chi connectivity index (χ4n) is 2.76. The third kappa shape index (κ3) is 2.41. The first-order valence-electron chi connectivity index (χ1n) is 7.66. The number of hydrogen-bond acceptors (Lipinski definition) is 3. The average molecular weight is 318 g/mol. The van der Waals surface area contributed by atoms with Gasteiger partial charge in [-0.3, -0.25) is 0 Å². The summed E-state index contributed by atoms with van der Waals surface area (Å²) in [5.74, 6) is 1.50. The number of aryl methyl sites for hydroxylation is 2. The van der Waals surface area contributed by atoms with E-state index in [0.29, 0.717) is 11.2 Å². The summed E-state index contributed by atoms with van der Waals surface area (Å²) < 4.78 is 7.88. The van der Waals surface area contributed by atoms with Crippen LogP contribution in [0.1, 0.15) is 44.7 Å². The van der Waals surface area contributed by atoms with Gasteiger partial charge in [-0.05, 0) is 50.9 Å². The molecule has 0 N–H and O–H groups in total. The number of hydrogen-bond donors (Lipinski definition) is 0. The van der Waals surface area contributed by atoms with E-state index in [2.05, 4.69) is 30.7 Å². The van der Waals surface area contributed by atoms with Gasteiger partial charge in [0.25, 0.3) is 0 Å². The van der Waals surface area contributed by atoms with Crippen LogP contribution in [-0.2, 0) is 6.42 Å². The lowest BCUT2D eigenvalue weighted by Gasteiger charge is -2.09. The molecule has 3 aromatic rings. The molecule has 0 aliphatic rings. The molecule has 0 radical (unpaired) electrons. The molecule has 0 spiro atoms. The molecule has 1 aromatic carbocycles. The Morgan fingerprint density at radius 1 is 1.27 bits per heavy atom. The molecule has 0 saturated heterocycles. The minimum atomic E-state index is 0.245. The molecule has 0 fully saturated rings. The molecule has 2 heterocycles. The SMILES string of the molecule is CCCc1nc(-c2cccc3c2nc(Cl)n3C(C)C)oc1C. The van der Waals surface area contributed by atoms with E-state index < -0.39 is 0 Å². The van der Waals surface area contributed by atoms with Crippen molar-refractivity contribution in [2.75, 3.05) is 0 Å². The van der Waals surface area contributed by atoms with Crippen molar-refractivity contribution in [3.63, 3.8) is 0 Å². The van der Waals surface area contributed by atoms with E-state index in [4.69, 9.17) is 16.0 Å². The molecular weight excluding hydrogens is 298 g/mol. The number of aromatic nitrogens is 3. The van der Waals surface area contributed by atoms with E-state index in [1.807, 2.05) is 29.7 Å². The number of fused-ring (bicyclic) bond motifs is 1. The van der Waals surface area contributed by atoms with Crippen molar-refractivity contribution in [3.05, 3.63) is 34.9 Å². The molecule has 0 aliphatic heterocycles. The topological polar surface area (TPSA) is 43.9 Å². The predicted molar refractivity (Wildman–Crippen MR) is 89.4 cm³/mol. The van der Waals surface area contributed by atoms with Gasteiger partial charge in [-0.25, -0.2) is 9.97 Å². The van der Waals surface area contributed by atoms with Crippen LogP contribution < -0.4 is 0 Å². The lowest BCUT2D eigenvalue weighted by molar-refractivity contribution is 0.539. The van der Waals surface area contributed by atoms with Crippen LogP contribution in [0.3, 0.4) is 0 Å². The number of benzene rings is 1. The van der Waals surface area contributed by atoms with Crippen LogP contribution in [0.4, 0.5) is 0 Å². The van der Waals surface area contributed by atoms with E-state index in [9.17, 15) is 0 Å². The van der Waals surface area contributed by atoms with Crippen molar-refractivity contribution in [2.24, 2.45) is 0 Å². The zero-order valence-corrected chi connectivity index (χ0v) is 14.1. The highest BCUT2D eigenvalue weighted by atomic mass is 35.5. The van der Waals surface area contributed by atoms with Crippen LogP contribution in [0, 0.1) is 6.92 Å². The van der Waals surface area contributed by atoms with Crippen LogP contribution in [0.25, 0.3) is 22.5 Å². The summed E-state index contributed by atoms with van der Waals surface area (Å²) in [6, 6.07) is 6.25. The molecule has 0 unspecified atom stereocenters. The maximum atomic E-state index is 6.31. The molecular formula is C17H20ClN3O. The van der Waals surface area contributed by atoms with E-state index >= 15 is 0 Å². The summed E-state index contributed by atoms with van der Waals surface area (Å²) in [4.78, 5) is 9.17. The summed E-state index contributed by atoms with van der Waals surface area (Å²) in [7, 11) is 0. The van der Waals surface area contributed by atoms with Crippen molar-refractivity contribution >= 4 is 22.6 Å². The second-order valence-corrected chi connectivity index (χ2v) is 6.13. The van der Waals surface area contributed by atoms with Crippen LogP contribution in [0.15, 0.2) is 22.6 Å². The lowest BCUT2D eigenvalue weighted by atomic mass is 10.1. The lowest BCUT2D eigenvalue weighted by Crippen LogP contribution is -2.00. The summed E-state index contributed by atoms with van der Waals surface area (Å²) in [6.07, 6.45) is 1.97. The quantitative estimate of drug-likeness (QED) is 0.665. The number of nitrogens with zero attached hydrogens (tertiary/aromatic N) is 3. The first kappa shape index (κ1) is 15.1. The molecule has 2 aromatic heterocycles. The molecule has 5 heteroatoms. The first-order chi connectivity index (χ1) is 10.5. The van der Waals surface area contributed by atoms with Crippen molar-refractivity contribution < 1.29 is 4.42 Å². The third-order valence-corrected chi connectivity index (χ3v) is 4.07. The predicted octanol–water partition coefficient (Wildman–Crippen LogP) is 5.19. The van der Waals surface area contributed by atoms with Gasteiger partial charge >= 0.3 is 0 Å². The van der Waals surface area contributed by atoms with Gasteiger partial charge in [-0.15, -0.1) is 0 Å². The fraction of sp³-hybridized carbons (Fsp3) is 0.412.